The van der Waals surface area contributed by atoms with E-state index in [9.17, 15) is 18.7 Å². The molecule has 0 aliphatic carbocycles. The molecular weight excluding hydrogens is 490 g/mol. The lowest BCUT2D eigenvalue weighted by Crippen LogP contribution is -2.43. The minimum atomic E-state index is -0.769. The molecule has 1 aliphatic rings. The highest BCUT2D eigenvalue weighted by molar-refractivity contribution is 5.84. The van der Waals surface area contributed by atoms with Crippen molar-refractivity contribution in [3.8, 4) is 5.75 Å². The summed E-state index contributed by atoms with van der Waals surface area (Å²) in [5.74, 6) is -1.22. The highest BCUT2D eigenvalue weighted by Gasteiger charge is 2.36. The van der Waals surface area contributed by atoms with Crippen LogP contribution in [-0.2, 0) is 17.8 Å². The number of methoxy groups -OCH3 is 1. The number of piperidine rings is 1. The van der Waals surface area contributed by atoms with Gasteiger partial charge in [-0.1, -0.05) is 0 Å². The molecule has 1 aliphatic heterocycles. The number of carboxylic acid groups (broad SMARTS) is 1. The van der Waals surface area contributed by atoms with Crippen LogP contribution in [0.1, 0.15) is 43.2 Å². The van der Waals surface area contributed by atoms with Crippen LogP contribution in [-0.4, -0.2) is 54.2 Å². The van der Waals surface area contributed by atoms with E-state index in [4.69, 9.17) is 10.5 Å². The third-order valence-electron chi connectivity index (χ3n) is 7.69. The van der Waals surface area contributed by atoms with Gasteiger partial charge < -0.3 is 25.8 Å². The third-order valence-corrected chi connectivity index (χ3v) is 7.69. The fraction of sp³-hybridized carbons (Fsp3) is 0.448. The van der Waals surface area contributed by atoms with Crippen LogP contribution in [0.2, 0.25) is 0 Å². The van der Waals surface area contributed by atoms with Gasteiger partial charge in [0.25, 0.3) is 0 Å². The van der Waals surface area contributed by atoms with Crippen molar-refractivity contribution < 1.29 is 23.4 Å². The number of nitrogens with one attached hydrogen (secondary N) is 1. The number of aromatic nitrogens is 1. The van der Waals surface area contributed by atoms with E-state index in [2.05, 4.69) is 15.2 Å². The Morgan fingerprint density at radius 1 is 1.18 bits per heavy atom. The van der Waals surface area contributed by atoms with Crippen LogP contribution >= 0.6 is 0 Å². The predicted molar refractivity (Wildman–Crippen MR) is 144 cm³/mol. The first-order valence-electron chi connectivity index (χ1n) is 13.1. The molecule has 38 heavy (non-hydrogen) atoms. The van der Waals surface area contributed by atoms with Crippen molar-refractivity contribution in [1.29, 1.82) is 0 Å². The van der Waals surface area contributed by atoms with E-state index < -0.39 is 17.6 Å². The van der Waals surface area contributed by atoms with Crippen LogP contribution in [0.5, 0.6) is 5.75 Å². The van der Waals surface area contributed by atoms with Crippen LogP contribution in [0, 0.1) is 17.0 Å². The fourth-order valence-corrected chi connectivity index (χ4v) is 5.61. The second-order valence-electron chi connectivity index (χ2n) is 10.2. The van der Waals surface area contributed by atoms with E-state index in [1.165, 1.54) is 12.1 Å². The standard InChI is InChI=1S/C29H36F2N4O3/c1-38-24-4-5-27-26(16-24)25(20(18-32)19-34-27)3-2-6-29(17-28(36)37)7-10-35(11-8-29)12-9-33-23-14-21(30)13-22(31)15-23/h4-5,13-16,19,33H,2-3,6-12,17-18,32H2,1H3,(H,36,37). The van der Waals surface area contributed by atoms with Crippen molar-refractivity contribution in [2.45, 2.75) is 45.1 Å². The van der Waals surface area contributed by atoms with Crippen molar-refractivity contribution in [1.82, 2.24) is 9.88 Å². The van der Waals surface area contributed by atoms with Gasteiger partial charge in [0, 0.05) is 43.0 Å². The molecule has 9 heteroatoms. The molecule has 7 nitrogen and oxygen atoms in total. The quantitative estimate of drug-likeness (QED) is 0.306. The first-order chi connectivity index (χ1) is 18.3. The van der Waals surface area contributed by atoms with Gasteiger partial charge in [0.15, 0.2) is 0 Å². The van der Waals surface area contributed by atoms with Gasteiger partial charge in [0.2, 0.25) is 0 Å². The summed E-state index contributed by atoms with van der Waals surface area (Å²) in [6, 6.07) is 9.23. The minimum Gasteiger partial charge on any atom is -0.497 e. The van der Waals surface area contributed by atoms with Gasteiger partial charge in [0.1, 0.15) is 17.4 Å². The Hall–Kier alpha value is -3.30. The molecule has 2 heterocycles. The first-order valence-corrected chi connectivity index (χ1v) is 13.1. The van der Waals surface area contributed by atoms with Crippen molar-refractivity contribution in [2.75, 3.05) is 38.6 Å². The number of fused-ring (bicyclic) bond motifs is 1. The van der Waals surface area contributed by atoms with Gasteiger partial charge in [-0.05, 0) is 92.1 Å². The number of aryl methyl sites for hydroxylation is 1. The number of benzene rings is 2. The zero-order valence-electron chi connectivity index (χ0n) is 21.8. The average Bonchev–Trinajstić information content (AvgIpc) is 2.88. The van der Waals surface area contributed by atoms with Gasteiger partial charge in [-0.25, -0.2) is 8.78 Å². The first kappa shape index (κ1) is 27.7. The van der Waals surface area contributed by atoms with Crippen LogP contribution in [0.4, 0.5) is 14.5 Å². The number of carboxylic acids is 1. The van der Waals surface area contributed by atoms with E-state index in [1.54, 1.807) is 7.11 Å². The highest BCUT2D eigenvalue weighted by atomic mass is 19.1. The Bertz CT molecular complexity index is 1240. The fourth-order valence-electron chi connectivity index (χ4n) is 5.61. The maximum Gasteiger partial charge on any atom is 0.303 e. The number of pyridine rings is 1. The molecule has 0 unspecified atom stereocenters. The zero-order chi connectivity index (χ0) is 27.1. The molecule has 3 aromatic rings. The topological polar surface area (TPSA) is 101 Å². The summed E-state index contributed by atoms with van der Waals surface area (Å²) in [7, 11) is 1.64. The highest BCUT2D eigenvalue weighted by Crippen LogP contribution is 2.40. The molecule has 204 valence electrons. The molecule has 0 radical (unpaired) electrons. The van der Waals surface area contributed by atoms with Crippen LogP contribution < -0.4 is 15.8 Å². The number of halogens is 2. The van der Waals surface area contributed by atoms with Crippen molar-refractivity contribution in [2.24, 2.45) is 11.1 Å². The Balaban J connectivity index is 1.36. The van der Waals surface area contributed by atoms with Gasteiger partial charge in [0.05, 0.1) is 19.0 Å². The molecule has 2 aromatic carbocycles. The number of rotatable bonds is 12. The molecule has 1 fully saturated rings. The Morgan fingerprint density at radius 2 is 1.92 bits per heavy atom. The van der Waals surface area contributed by atoms with Gasteiger partial charge in [-0.15, -0.1) is 0 Å². The Kier molecular flexibility index (Phi) is 9.12. The number of aliphatic carboxylic acids is 1. The summed E-state index contributed by atoms with van der Waals surface area (Å²) in [4.78, 5) is 18.6. The van der Waals surface area contributed by atoms with E-state index in [-0.39, 0.29) is 11.8 Å². The average molecular weight is 527 g/mol. The summed E-state index contributed by atoms with van der Waals surface area (Å²) in [5, 5.41) is 13.8. The molecule has 1 saturated heterocycles. The summed E-state index contributed by atoms with van der Waals surface area (Å²) in [5.41, 5.74) is 9.23. The number of ether oxygens (including phenoxy) is 1. The lowest BCUT2D eigenvalue weighted by Gasteiger charge is -2.41. The SMILES string of the molecule is COc1ccc2ncc(CN)c(CCCC3(CC(=O)O)CCN(CCNc4cc(F)cc(F)c4)CC3)c2c1. The maximum absolute atomic E-state index is 13.4. The van der Waals surface area contributed by atoms with E-state index in [0.29, 0.717) is 25.3 Å². The van der Waals surface area contributed by atoms with Crippen LogP contribution in [0.3, 0.4) is 0 Å². The zero-order valence-corrected chi connectivity index (χ0v) is 21.8. The molecule has 0 amide bonds. The second-order valence-corrected chi connectivity index (χ2v) is 10.2. The molecule has 0 saturated carbocycles. The summed E-state index contributed by atoms with van der Waals surface area (Å²) in [6.45, 7) is 3.23. The normalized spacial score (nSPS) is 15.5. The lowest BCUT2D eigenvalue weighted by atomic mass is 9.72. The molecular formula is C29H36F2N4O3. The molecule has 0 bridgehead atoms. The summed E-state index contributed by atoms with van der Waals surface area (Å²) in [6.07, 6.45) is 6.02. The number of nitrogens with zero attached hydrogens (tertiary/aromatic N) is 2. The smallest absolute Gasteiger partial charge is 0.303 e. The van der Waals surface area contributed by atoms with E-state index >= 15 is 0 Å². The third kappa shape index (κ3) is 6.96. The monoisotopic (exact) mass is 526 g/mol. The lowest BCUT2D eigenvalue weighted by molar-refractivity contribution is -0.140. The number of hydrogen-bond acceptors (Lipinski definition) is 6. The second kappa shape index (κ2) is 12.5. The van der Waals surface area contributed by atoms with E-state index in [1.807, 2.05) is 24.4 Å². The molecule has 0 spiro atoms. The van der Waals surface area contributed by atoms with Gasteiger partial charge in [-0.2, -0.15) is 0 Å². The maximum atomic E-state index is 13.4. The predicted octanol–water partition coefficient (Wildman–Crippen LogP) is 4.97. The number of anilines is 1. The molecule has 4 rings (SSSR count). The number of hydrogen-bond donors (Lipinski definition) is 3. The minimum absolute atomic E-state index is 0.149. The number of likely N-dealkylation sites (tertiary alicyclic amines) is 1. The van der Waals surface area contributed by atoms with Crippen molar-refractivity contribution in [3.05, 3.63) is 65.4 Å². The molecule has 0 atom stereocenters. The molecule has 1 aromatic heterocycles. The largest absolute Gasteiger partial charge is 0.497 e. The van der Waals surface area contributed by atoms with Crippen molar-refractivity contribution in [3.63, 3.8) is 0 Å². The van der Waals surface area contributed by atoms with Gasteiger partial charge >= 0.3 is 5.97 Å². The number of carbonyl (C=O) groups is 1. The van der Waals surface area contributed by atoms with Gasteiger partial charge in [-0.3, -0.25) is 9.78 Å². The molecule has 4 N–H and O–H groups in total. The van der Waals surface area contributed by atoms with Crippen LogP contribution in [0.25, 0.3) is 10.9 Å². The van der Waals surface area contributed by atoms with Crippen LogP contribution in [0.15, 0.2) is 42.6 Å². The summed E-state index contributed by atoms with van der Waals surface area (Å²) >= 11 is 0. The van der Waals surface area contributed by atoms with Crippen molar-refractivity contribution >= 4 is 22.6 Å². The summed E-state index contributed by atoms with van der Waals surface area (Å²) < 4.78 is 32.2. The Morgan fingerprint density at radius 3 is 2.58 bits per heavy atom. The Labute approximate surface area is 222 Å². The van der Waals surface area contributed by atoms with E-state index in [0.717, 1.165) is 79.0 Å². The number of nitrogens with two attached hydrogens (primary N) is 1.